The van der Waals surface area contributed by atoms with E-state index in [1.807, 2.05) is 12.1 Å². The minimum absolute atomic E-state index is 0. The first kappa shape index (κ1) is 21.5. The molecule has 0 bridgehead atoms. The van der Waals surface area contributed by atoms with E-state index in [4.69, 9.17) is 0 Å². The second kappa shape index (κ2) is 8.68. The van der Waals surface area contributed by atoms with E-state index in [9.17, 15) is 4.39 Å². The van der Waals surface area contributed by atoms with Crippen LogP contribution in [0, 0.1) is 5.82 Å². The molecule has 0 saturated carbocycles. The monoisotopic (exact) mass is 413 g/mol. The zero-order valence-electron chi connectivity index (χ0n) is 17.4. The zero-order chi connectivity index (χ0) is 19.7. The van der Waals surface area contributed by atoms with Gasteiger partial charge in [0.1, 0.15) is 11.6 Å². The van der Waals surface area contributed by atoms with Gasteiger partial charge in [-0.2, -0.15) is 0 Å². The number of rotatable bonds is 3. The van der Waals surface area contributed by atoms with E-state index in [-0.39, 0.29) is 23.6 Å². The van der Waals surface area contributed by atoms with E-state index < -0.39 is 0 Å². The van der Waals surface area contributed by atoms with Crippen LogP contribution in [-0.2, 0) is 12.0 Å². The second-order valence-corrected chi connectivity index (χ2v) is 8.71. The Morgan fingerprint density at radius 1 is 0.931 bits per heavy atom. The van der Waals surface area contributed by atoms with Crippen LogP contribution in [-0.4, -0.2) is 36.1 Å². The molecule has 0 amide bonds. The number of benzene rings is 2. The van der Waals surface area contributed by atoms with Gasteiger partial charge in [0.25, 0.3) is 0 Å². The van der Waals surface area contributed by atoms with Crippen LogP contribution in [0.3, 0.4) is 0 Å². The van der Waals surface area contributed by atoms with Crippen molar-refractivity contribution in [3.8, 4) is 0 Å². The number of anilines is 1. The quantitative estimate of drug-likeness (QED) is 0.571. The van der Waals surface area contributed by atoms with Gasteiger partial charge >= 0.3 is 0 Å². The molecule has 1 aliphatic heterocycles. The molecule has 4 rings (SSSR count). The molecule has 2 aromatic carbocycles. The molecule has 0 aliphatic carbocycles. The van der Waals surface area contributed by atoms with Crippen LogP contribution in [0.4, 0.5) is 10.2 Å². The largest absolute Gasteiger partial charge is 0.354 e. The van der Waals surface area contributed by atoms with Gasteiger partial charge in [0.05, 0.1) is 0 Å². The van der Waals surface area contributed by atoms with Crippen molar-refractivity contribution in [1.29, 1.82) is 0 Å². The standard InChI is InChI=1S/C24H28FN3.ClH/c1-24(2,3)20-6-4-18(5-7-20)17-27-12-14-28(15-13-27)23-22-9-8-21(25)16-19(22)10-11-26-23;/h4-11,16H,12-15,17H2,1-3H3;1H. The number of hydrogen-bond acceptors (Lipinski definition) is 3. The molecule has 154 valence electrons. The summed E-state index contributed by atoms with van der Waals surface area (Å²) in [4.78, 5) is 9.40. The predicted molar refractivity (Wildman–Crippen MR) is 122 cm³/mol. The highest BCUT2D eigenvalue weighted by Crippen LogP contribution is 2.26. The van der Waals surface area contributed by atoms with Crippen molar-refractivity contribution in [2.45, 2.75) is 32.7 Å². The summed E-state index contributed by atoms with van der Waals surface area (Å²) in [7, 11) is 0. The average molecular weight is 414 g/mol. The Labute approximate surface area is 179 Å². The molecule has 5 heteroatoms. The Kier molecular flexibility index (Phi) is 6.45. The smallest absolute Gasteiger partial charge is 0.136 e. The first-order valence-electron chi connectivity index (χ1n) is 10.0. The SMILES string of the molecule is CC(C)(C)c1ccc(CN2CCN(c3nccc4cc(F)ccc34)CC2)cc1.Cl. The van der Waals surface area contributed by atoms with Crippen molar-refractivity contribution in [3.05, 3.63) is 71.7 Å². The lowest BCUT2D eigenvalue weighted by molar-refractivity contribution is 0.249. The number of pyridine rings is 1. The van der Waals surface area contributed by atoms with E-state index in [0.29, 0.717) is 0 Å². The Morgan fingerprint density at radius 3 is 2.28 bits per heavy atom. The minimum Gasteiger partial charge on any atom is -0.354 e. The van der Waals surface area contributed by atoms with Crippen molar-refractivity contribution in [1.82, 2.24) is 9.88 Å². The Bertz CT molecular complexity index is 958. The van der Waals surface area contributed by atoms with E-state index in [1.165, 1.54) is 17.2 Å². The molecule has 1 aliphatic rings. The van der Waals surface area contributed by atoms with Gasteiger partial charge in [-0.05, 0) is 46.2 Å². The van der Waals surface area contributed by atoms with Gasteiger partial charge in [-0.1, -0.05) is 45.0 Å². The fourth-order valence-corrected chi connectivity index (χ4v) is 3.87. The lowest BCUT2D eigenvalue weighted by Crippen LogP contribution is -2.46. The Hall–Kier alpha value is -2.17. The fraction of sp³-hybridized carbons (Fsp3) is 0.375. The predicted octanol–water partition coefficient (Wildman–Crippen LogP) is 5.42. The van der Waals surface area contributed by atoms with Crippen LogP contribution < -0.4 is 4.90 Å². The summed E-state index contributed by atoms with van der Waals surface area (Å²) in [5.74, 6) is 0.763. The highest BCUT2D eigenvalue weighted by Gasteiger charge is 2.20. The van der Waals surface area contributed by atoms with Crippen molar-refractivity contribution >= 4 is 29.0 Å². The normalized spacial score (nSPS) is 15.4. The van der Waals surface area contributed by atoms with Crippen molar-refractivity contribution < 1.29 is 4.39 Å². The molecule has 3 aromatic rings. The maximum absolute atomic E-state index is 13.5. The van der Waals surface area contributed by atoms with Gasteiger partial charge in [-0.25, -0.2) is 9.37 Å². The van der Waals surface area contributed by atoms with E-state index in [0.717, 1.165) is 49.3 Å². The third kappa shape index (κ3) is 4.88. The Balaban J connectivity index is 0.00000240. The lowest BCUT2D eigenvalue weighted by Gasteiger charge is -2.36. The molecule has 0 spiro atoms. The van der Waals surface area contributed by atoms with Crippen molar-refractivity contribution in [2.75, 3.05) is 31.1 Å². The summed E-state index contributed by atoms with van der Waals surface area (Å²) in [6.45, 7) is 11.6. The number of hydrogen-bond donors (Lipinski definition) is 0. The third-order valence-electron chi connectivity index (χ3n) is 5.60. The van der Waals surface area contributed by atoms with Gasteiger partial charge in [0.2, 0.25) is 0 Å². The summed E-state index contributed by atoms with van der Waals surface area (Å²) in [5, 5.41) is 1.93. The summed E-state index contributed by atoms with van der Waals surface area (Å²) in [5.41, 5.74) is 2.93. The molecule has 1 fully saturated rings. The van der Waals surface area contributed by atoms with Gasteiger partial charge in [-0.15, -0.1) is 12.4 Å². The minimum atomic E-state index is -0.202. The second-order valence-electron chi connectivity index (χ2n) is 8.71. The maximum atomic E-state index is 13.5. The highest BCUT2D eigenvalue weighted by molar-refractivity contribution is 5.92. The van der Waals surface area contributed by atoms with Crippen LogP contribution in [0.1, 0.15) is 31.9 Å². The zero-order valence-corrected chi connectivity index (χ0v) is 18.2. The lowest BCUT2D eigenvalue weighted by atomic mass is 9.87. The average Bonchev–Trinajstić information content (AvgIpc) is 2.68. The Morgan fingerprint density at radius 2 is 1.62 bits per heavy atom. The van der Waals surface area contributed by atoms with Gasteiger partial charge < -0.3 is 4.90 Å². The molecule has 1 saturated heterocycles. The molecule has 3 nitrogen and oxygen atoms in total. The van der Waals surface area contributed by atoms with Gasteiger partial charge in [-0.3, -0.25) is 4.90 Å². The van der Waals surface area contributed by atoms with Crippen LogP contribution in [0.15, 0.2) is 54.7 Å². The maximum Gasteiger partial charge on any atom is 0.136 e. The third-order valence-corrected chi connectivity index (χ3v) is 5.60. The number of nitrogens with zero attached hydrogens (tertiary/aromatic N) is 3. The molecule has 0 radical (unpaired) electrons. The molecule has 29 heavy (non-hydrogen) atoms. The first-order valence-corrected chi connectivity index (χ1v) is 10.0. The number of halogens is 2. The summed E-state index contributed by atoms with van der Waals surface area (Å²) in [6, 6.07) is 15.8. The van der Waals surface area contributed by atoms with Crippen molar-refractivity contribution in [3.63, 3.8) is 0 Å². The van der Waals surface area contributed by atoms with Crippen LogP contribution in [0.25, 0.3) is 10.8 Å². The fourth-order valence-electron chi connectivity index (χ4n) is 3.87. The molecule has 1 aromatic heterocycles. The molecular weight excluding hydrogens is 385 g/mol. The number of piperazine rings is 1. The van der Waals surface area contributed by atoms with Crippen LogP contribution in [0.5, 0.6) is 0 Å². The van der Waals surface area contributed by atoms with E-state index in [1.54, 1.807) is 12.3 Å². The molecule has 0 unspecified atom stereocenters. The van der Waals surface area contributed by atoms with Gasteiger partial charge in [0.15, 0.2) is 0 Å². The van der Waals surface area contributed by atoms with E-state index >= 15 is 0 Å². The first-order chi connectivity index (χ1) is 13.4. The topological polar surface area (TPSA) is 19.4 Å². The number of aromatic nitrogens is 1. The molecule has 0 N–H and O–H groups in total. The summed E-state index contributed by atoms with van der Waals surface area (Å²) < 4.78 is 13.5. The van der Waals surface area contributed by atoms with Crippen LogP contribution in [0.2, 0.25) is 0 Å². The molecule has 0 atom stereocenters. The molecular formula is C24H29ClFN3. The highest BCUT2D eigenvalue weighted by atomic mass is 35.5. The van der Waals surface area contributed by atoms with Crippen LogP contribution >= 0.6 is 12.4 Å². The number of fused-ring (bicyclic) bond motifs is 1. The van der Waals surface area contributed by atoms with Gasteiger partial charge in [0, 0.05) is 44.3 Å². The summed E-state index contributed by atoms with van der Waals surface area (Å²) in [6.07, 6.45) is 1.78. The van der Waals surface area contributed by atoms with Crippen molar-refractivity contribution in [2.24, 2.45) is 0 Å². The van der Waals surface area contributed by atoms with E-state index in [2.05, 4.69) is 59.8 Å². The molecule has 2 heterocycles. The summed E-state index contributed by atoms with van der Waals surface area (Å²) >= 11 is 0.